The second-order valence-corrected chi connectivity index (χ2v) is 5.05. The Kier molecular flexibility index (Phi) is 5.05. The lowest BCUT2D eigenvalue weighted by Crippen LogP contribution is -2.50. The van der Waals surface area contributed by atoms with Crippen molar-refractivity contribution in [3.8, 4) is 0 Å². The largest absolute Gasteiger partial charge is 0.480 e. The van der Waals surface area contributed by atoms with Crippen LogP contribution in [0.5, 0.6) is 0 Å². The standard InChI is InChI=1S/C10H15N3O4S/c1-5(14)8(9(15)16)13-10(17)12-4-7-3-11-6(2)18-7/h3,5,8,14H,4H2,1-2H3,(H,15,16)(H2,12,13,17)/t5-,8+/m1/s1. The van der Waals surface area contributed by atoms with Gasteiger partial charge in [-0.25, -0.2) is 14.6 Å². The molecule has 0 saturated heterocycles. The highest BCUT2D eigenvalue weighted by Gasteiger charge is 2.24. The van der Waals surface area contributed by atoms with E-state index in [0.29, 0.717) is 0 Å². The second kappa shape index (κ2) is 6.31. The second-order valence-electron chi connectivity index (χ2n) is 3.73. The minimum Gasteiger partial charge on any atom is -0.480 e. The van der Waals surface area contributed by atoms with E-state index in [1.54, 1.807) is 6.20 Å². The maximum absolute atomic E-state index is 11.4. The van der Waals surface area contributed by atoms with Crippen LogP contribution in [0.1, 0.15) is 16.8 Å². The van der Waals surface area contributed by atoms with Gasteiger partial charge in [0, 0.05) is 11.1 Å². The number of aryl methyl sites for hydroxylation is 1. The fraction of sp³-hybridized carbons (Fsp3) is 0.500. The lowest BCUT2D eigenvalue weighted by atomic mass is 10.2. The van der Waals surface area contributed by atoms with E-state index in [1.807, 2.05) is 6.92 Å². The van der Waals surface area contributed by atoms with Gasteiger partial charge in [-0.3, -0.25) is 0 Å². The molecule has 0 aromatic carbocycles. The number of aliphatic hydroxyl groups excluding tert-OH is 1. The van der Waals surface area contributed by atoms with Crippen molar-refractivity contribution < 1.29 is 19.8 Å². The summed E-state index contributed by atoms with van der Waals surface area (Å²) < 4.78 is 0. The summed E-state index contributed by atoms with van der Waals surface area (Å²) in [6, 6.07) is -1.97. The summed E-state index contributed by atoms with van der Waals surface area (Å²) >= 11 is 1.44. The van der Waals surface area contributed by atoms with Crippen LogP contribution in [-0.2, 0) is 11.3 Å². The monoisotopic (exact) mass is 273 g/mol. The van der Waals surface area contributed by atoms with Crippen LogP contribution < -0.4 is 10.6 Å². The summed E-state index contributed by atoms with van der Waals surface area (Å²) in [6.45, 7) is 3.41. The summed E-state index contributed by atoms with van der Waals surface area (Å²) in [7, 11) is 0. The van der Waals surface area contributed by atoms with Gasteiger partial charge in [-0.2, -0.15) is 0 Å². The van der Waals surface area contributed by atoms with E-state index < -0.39 is 24.1 Å². The van der Waals surface area contributed by atoms with Gasteiger partial charge >= 0.3 is 12.0 Å². The normalized spacial score (nSPS) is 13.7. The zero-order valence-corrected chi connectivity index (χ0v) is 10.8. The van der Waals surface area contributed by atoms with E-state index in [2.05, 4.69) is 15.6 Å². The number of carbonyl (C=O) groups is 2. The predicted molar refractivity (Wildman–Crippen MR) is 65.3 cm³/mol. The molecule has 1 rings (SSSR count). The molecule has 18 heavy (non-hydrogen) atoms. The van der Waals surface area contributed by atoms with E-state index in [4.69, 9.17) is 5.11 Å². The van der Waals surface area contributed by atoms with Crippen molar-refractivity contribution in [1.82, 2.24) is 15.6 Å². The molecule has 7 nitrogen and oxygen atoms in total. The van der Waals surface area contributed by atoms with Gasteiger partial charge in [-0.1, -0.05) is 0 Å². The molecule has 0 fully saturated rings. The number of aliphatic carboxylic acids is 1. The highest BCUT2D eigenvalue weighted by atomic mass is 32.1. The number of hydrogen-bond acceptors (Lipinski definition) is 5. The number of hydrogen-bond donors (Lipinski definition) is 4. The topological polar surface area (TPSA) is 112 Å². The zero-order valence-electron chi connectivity index (χ0n) is 10.0. The molecule has 0 radical (unpaired) electrons. The lowest BCUT2D eigenvalue weighted by Gasteiger charge is -2.17. The first-order valence-corrected chi connectivity index (χ1v) is 6.08. The molecule has 0 spiro atoms. The number of rotatable bonds is 5. The molecule has 0 unspecified atom stereocenters. The first-order chi connectivity index (χ1) is 8.40. The molecular formula is C10H15N3O4S. The lowest BCUT2D eigenvalue weighted by molar-refractivity contribution is -0.141. The number of amides is 2. The van der Waals surface area contributed by atoms with Gasteiger partial charge in [0.25, 0.3) is 0 Å². The van der Waals surface area contributed by atoms with Gasteiger partial charge < -0.3 is 20.8 Å². The molecule has 0 bridgehead atoms. The van der Waals surface area contributed by atoms with Crippen LogP contribution in [0.25, 0.3) is 0 Å². The van der Waals surface area contributed by atoms with Gasteiger partial charge in [0.05, 0.1) is 17.7 Å². The van der Waals surface area contributed by atoms with Crippen LogP contribution in [-0.4, -0.2) is 39.3 Å². The van der Waals surface area contributed by atoms with Crippen molar-refractivity contribution in [2.75, 3.05) is 0 Å². The van der Waals surface area contributed by atoms with E-state index in [9.17, 15) is 14.7 Å². The van der Waals surface area contributed by atoms with Crippen LogP contribution in [0.3, 0.4) is 0 Å². The average molecular weight is 273 g/mol. The Balaban J connectivity index is 2.43. The SMILES string of the molecule is Cc1ncc(CNC(=O)N[C@H](C(=O)O)[C@@H](C)O)s1. The molecule has 4 N–H and O–H groups in total. The highest BCUT2D eigenvalue weighted by Crippen LogP contribution is 2.10. The van der Waals surface area contributed by atoms with Crippen molar-refractivity contribution in [2.24, 2.45) is 0 Å². The third-order valence-electron chi connectivity index (χ3n) is 2.13. The molecule has 1 heterocycles. The predicted octanol–water partition coefficient (Wildman–Crippen LogP) is 0.0847. The van der Waals surface area contributed by atoms with Crippen molar-refractivity contribution in [1.29, 1.82) is 0 Å². The molecule has 0 aliphatic carbocycles. The van der Waals surface area contributed by atoms with Gasteiger partial charge in [0.1, 0.15) is 0 Å². The molecule has 8 heteroatoms. The first-order valence-electron chi connectivity index (χ1n) is 5.26. The quantitative estimate of drug-likeness (QED) is 0.607. The number of thiazole rings is 1. The number of nitrogens with one attached hydrogen (secondary N) is 2. The van der Waals surface area contributed by atoms with Crippen LogP contribution >= 0.6 is 11.3 Å². The fourth-order valence-corrected chi connectivity index (χ4v) is 1.97. The molecule has 0 aliphatic rings. The van der Waals surface area contributed by atoms with Gasteiger partial charge in [-0.15, -0.1) is 11.3 Å². The Morgan fingerprint density at radius 2 is 2.22 bits per heavy atom. The van der Waals surface area contributed by atoms with Crippen LogP contribution in [0.2, 0.25) is 0 Å². The zero-order chi connectivity index (χ0) is 13.7. The Labute approximate surface area is 108 Å². The third-order valence-corrected chi connectivity index (χ3v) is 3.04. The van der Waals surface area contributed by atoms with Gasteiger partial charge in [0.15, 0.2) is 6.04 Å². The minimum absolute atomic E-state index is 0.267. The summed E-state index contributed by atoms with van der Waals surface area (Å²) in [4.78, 5) is 27.1. The third kappa shape index (κ3) is 4.30. The Morgan fingerprint density at radius 1 is 1.56 bits per heavy atom. The average Bonchev–Trinajstić information content (AvgIpc) is 2.68. The maximum Gasteiger partial charge on any atom is 0.328 e. The molecule has 1 aromatic heterocycles. The number of urea groups is 1. The van der Waals surface area contributed by atoms with Crippen LogP contribution in [0.4, 0.5) is 4.79 Å². The highest BCUT2D eigenvalue weighted by molar-refractivity contribution is 7.11. The molecule has 100 valence electrons. The Bertz CT molecular complexity index is 433. The van der Waals surface area contributed by atoms with E-state index in [0.717, 1.165) is 9.88 Å². The van der Waals surface area contributed by atoms with Gasteiger partial charge in [-0.05, 0) is 13.8 Å². The first kappa shape index (κ1) is 14.4. The molecular weight excluding hydrogens is 258 g/mol. The Hall–Kier alpha value is -1.67. The number of aliphatic hydroxyl groups is 1. The Morgan fingerprint density at radius 3 is 2.67 bits per heavy atom. The van der Waals surface area contributed by atoms with E-state index in [1.165, 1.54) is 18.3 Å². The van der Waals surface area contributed by atoms with Crippen molar-refractivity contribution >= 4 is 23.3 Å². The summed E-state index contributed by atoms with van der Waals surface area (Å²) in [5.41, 5.74) is 0. The number of carboxylic acid groups (broad SMARTS) is 1. The number of nitrogens with zero attached hydrogens (tertiary/aromatic N) is 1. The molecule has 1 aromatic rings. The number of carbonyl (C=O) groups excluding carboxylic acids is 1. The smallest absolute Gasteiger partial charge is 0.328 e. The summed E-state index contributed by atoms with van der Waals surface area (Å²) in [5.74, 6) is -1.28. The number of carboxylic acids is 1. The maximum atomic E-state index is 11.4. The molecule has 2 amide bonds. The minimum atomic E-state index is -1.33. The number of aromatic nitrogens is 1. The van der Waals surface area contributed by atoms with Crippen LogP contribution in [0.15, 0.2) is 6.20 Å². The van der Waals surface area contributed by atoms with Crippen molar-refractivity contribution in [3.63, 3.8) is 0 Å². The van der Waals surface area contributed by atoms with E-state index in [-0.39, 0.29) is 6.54 Å². The summed E-state index contributed by atoms with van der Waals surface area (Å²) in [6.07, 6.45) is 0.475. The van der Waals surface area contributed by atoms with Crippen LogP contribution in [0, 0.1) is 6.92 Å². The molecule has 2 atom stereocenters. The van der Waals surface area contributed by atoms with Crippen molar-refractivity contribution in [2.45, 2.75) is 32.5 Å². The van der Waals surface area contributed by atoms with Gasteiger partial charge in [0.2, 0.25) is 0 Å². The van der Waals surface area contributed by atoms with Crippen molar-refractivity contribution in [3.05, 3.63) is 16.1 Å². The summed E-state index contributed by atoms with van der Waals surface area (Å²) in [5, 5.41) is 23.5. The molecule has 0 aliphatic heterocycles. The van der Waals surface area contributed by atoms with E-state index >= 15 is 0 Å². The molecule has 0 saturated carbocycles. The fourth-order valence-electron chi connectivity index (χ4n) is 1.24.